The van der Waals surface area contributed by atoms with Crippen molar-refractivity contribution < 1.29 is 32.5 Å². The third kappa shape index (κ3) is 32.2. The number of rotatable bonds is 31. The number of phosphoric acid groups is 1. The summed E-state index contributed by atoms with van der Waals surface area (Å²) in [5, 5.41) is 0. The van der Waals surface area contributed by atoms with E-state index in [1.54, 1.807) is 7.11 Å². The van der Waals surface area contributed by atoms with Crippen LogP contribution in [0.5, 0.6) is 0 Å². The number of phosphoric ester groups is 1. The Labute approximate surface area is 254 Å². The van der Waals surface area contributed by atoms with Gasteiger partial charge < -0.3 is 18.9 Å². The highest BCUT2D eigenvalue weighted by Crippen LogP contribution is 2.43. The molecule has 0 heterocycles. The lowest BCUT2D eigenvalue weighted by atomic mass is 10.1. The van der Waals surface area contributed by atoms with Crippen molar-refractivity contribution in [3.8, 4) is 0 Å². The molecule has 0 rings (SSSR count). The zero-order valence-corrected chi connectivity index (χ0v) is 28.4. The average Bonchev–Trinajstić information content (AvgIpc) is 2.91. The van der Waals surface area contributed by atoms with E-state index >= 15 is 0 Å². The zero-order valence-electron chi connectivity index (χ0n) is 27.5. The molecule has 0 aliphatic rings. The van der Waals surface area contributed by atoms with E-state index in [1.165, 1.54) is 96.3 Å². The number of hydrogen-bond acceptors (Lipinski definition) is 5. The molecule has 7 nitrogen and oxygen atoms in total. The maximum Gasteiger partial charge on any atom is 0.472 e. The molecule has 244 valence electrons. The maximum atomic E-state index is 12.0. The van der Waals surface area contributed by atoms with Crippen molar-refractivity contribution in [2.75, 3.05) is 61.2 Å². The molecule has 0 aromatic rings. The lowest BCUT2D eigenvalue weighted by Crippen LogP contribution is -2.37. The van der Waals surface area contributed by atoms with Crippen molar-refractivity contribution in [1.29, 1.82) is 0 Å². The largest absolute Gasteiger partial charge is 0.472 e. The molecule has 1 unspecified atom stereocenters. The maximum absolute atomic E-state index is 12.0. The number of ether oxygens (including phenoxy) is 2. The zero-order chi connectivity index (χ0) is 30.5. The van der Waals surface area contributed by atoms with Crippen LogP contribution in [0.25, 0.3) is 0 Å². The summed E-state index contributed by atoms with van der Waals surface area (Å²) >= 11 is 0. The molecule has 41 heavy (non-hydrogen) atoms. The molecule has 0 saturated heterocycles. The third-order valence-electron chi connectivity index (χ3n) is 7.04. The smallest absolute Gasteiger partial charge is 0.379 e. The number of likely N-dealkylation sites (N-methyl/N-ethyl adjacent to an activating group) is 1. The fourth-order valence-corrected chi connectivity index (χ4v) is 5.00. The monoisotopic (exact) mass is 604 g/mol. The van der Waals surface area contributed by atoms with Crippen LogP contribution >= 0.6 is 7.82 Å². The van der Waals surface area contributed by atoms with Gasteiger partial charge in [-0.2, -0.15) is 0 Å². The Morgan fingerprint density at radius 1 is 0.659 bits per heavy atom. The van der Waals surface area contributed by atoms with E-state index in [9.17, 15) is 9.46 Å². The molecule has 0 aliphatic heterocycles. The normalized spacial score (nSPS) is 14.8. The van der Waals surface area contributed by atoms with Gasteiger partial charge in [-0.15, -0.1) is 0 Å². The molecular weight excluding hydrogens is 537 g/mol. The van der Waals surface area contributed by atoms with E-state index in [4.69, 9.17) is 18.5 Å². The van der Waals surface area contributed by atoms with Gasteiger partial charge in [-0.05, 0) is 57.8 Å². The van der Waals surface area contributed by atoms with Crippen molar-refractivity contribution in [3.63, 3.8) is 0 Å². The van der Waals surface area contributed by atoms with E-state index in [1.807, 2.05) is 21.1 Å². The highest BCUT2D eigenvalue weighted by atomic mass is 31.2. The van der Waals surface area contributed by atoms with Crippen molar-refractivity contribution >= 4 is 7.82 Å². The van der Waals surface area contributed by atoms with Gasteiger partial charge in [0.2, 0.25) is 0 Å². The molecular formula is C33H67NO6P+. The molecule has 2 atom stereocenters. The van der Waals surface area contributed by atoms with Crippen LogP contribution in [0.3, 0.4) is 0 Å². The Morgan fingerprint density at radius 2 is 1.12 bits per heavy atom. The predicted molar refractivity (Wildman–Crippen MR) is 173 cm³/mol. The number of allylic oxidation sites excluding steroid dienone is 4. The number of nitrogens with zero attached hydrogens (tertiary/aromatic N) is 1. The van der Waals surface area contributed by atoms with Gasteiger partial charge in [0.25, 0.3) is 0 Å². The summed E-state index contributed by atoms with van der Waals surface area (Å²) < 4.78 is 33.7. The molecule has 0 fully saturated rings. The van der Waals surface area contributed by atoms with Gasteiger partial charge in [-0.3, -0.25) is 9.05 Å². The fourth-order valence-electron chi connectivity index (χ4n) is 4.26. The Kier molecular flexibility index (Phi) is 27.9. The summed E-state index contributed by atoms with van der Waals surface area (Å²) in [6.45, 7) is 3.95. The topological polar surface area (TPSA) is 74.2 Å². The van der Waals surface area contributed by atoms with Crippen LogP contribution in [0, 0.1) is 0 Å². The summed E-state index contributed by atoms with van der Waals surface area (Å²) in [4.78, 5) is 9.82. The number of quaternary nitrogens is 1. The first-order chi connectivity index (χ1) is 19.7. The Bertz CT molecular complexity index is 665. The van der Waals surface area contributed by atoms with Gasteiger partial charge in [-0.1, -0.05) is 89.0 Å². The van der Waals surface area contributed by atoms with E-state index in [0.29, 0.717) is 24.2 Å². The minimum Gasteiger partial charge on any atom is -0.379 e. The summed E-state index contributed by atoms with van der Waals surface area (Å²) in [5.74, 6) is 0. The minimum absolute atomic E-state index is 0.0448. The molecule has 1 N–H and O–H groups in total. The molecule has 0 radical (unpaired) electrons. The Balaban J connectivity index is 3.49. The van der Waals surface area contributed by atoms with E-state index in [0.717, 1.165) is 19.3 Å². The molecule has 0 aromatic heterocycles. The second-order valence-corrected chi connectivity index (χ2v) is 13.7. The summed E-state index contributed by atoms with van der Waals surface area (Å²) in [6.07, 6.45) is 32.2. The van der Waals surface area contributed by atoms with Crippen LogP contribution in [-0.2, 0) is 23.1 Å². The molecule has 0 bridgehead atoms. The quantitative estimate of drug-likeness (QED) is 0.0368. The second kappa shape index (κ2) is 28.3. The highest BCUT2D eigenvalue weighted by molar-refractivity contribution is 7.47. The van der Waals surface area contributed by atoms with Crippen LogP contribution in [0.4, 0.5) is 0 Å². The van der Waals surface area contributed by atoms with E-state index in [2.05, 4.69) is 31.2 Å². The third-order valence-corrected chi connectivity index (χ3v) is 8.02. The SMILES string of the molecule is CCCCCC=CCCCCCCCCCCC=CCCCCCOC[C@H](COP(=O)(O)OCC[N+](C)(C)C)OC. The lowest BCUT2D eigenvalue weighted by molar-refractivity contribution is -0.870. The Hall–Kier alpha value is -0.530. The van der Waals surface area contributed by atoms with Crippen LogP contribution < -0.4 is 0 Å². The van der Waals surface area contributed by atoms with Crippen molar-refractivity contribution in [3.05, 3.63) is 24.3 Å². The number of hydrogen-bond donors (Lipinski definition) is 1. The average molecular weight is 605 g/mol. The minimum atomic E-state index is -4.08. The van der Waals surface area contributed by atoms with Gasteiger partial charge in [-0.25, -0.2) is 4.57 Å². The van der Waals surface area contributed by atoms with Crippen molar-refractivity contribution in [2.24, 2.45) is 0 Å². The lowest BCUT2D eigenvalue weighted by Gasteiger charge is -2.24. The number of methoxy groups -OCH3 is 1. The van der Waals surface area contributed by atoms with E-state index in [-0.39, 0.29) is 13.2 Å². The first-order valence-electron chi connectivity index (χ1n) is 16.5. The number of unbranched alkanes of at least 4 members (excludes halogenated alkanes) is 15. The van der Waals surface area contributed by atoms with Crippen molar-refractivity contribution in [2.45, 2.75) is 129 Å². The van der Waals surface area contributed by atoms with Crippen LogP contribution in [0.2, 0.25) is 0 Å². The molecule has 0 aromatic carbocycles. The van der Waals surface area contributed by atoms with E-state index < -0.39 is 13.9 Å². The molecule has 0 aliphatic carbocycles. The predicted octanol–water partition coefficient (Wildman–Crippen LogP) is 9.01. The van der Waals surface area contributed by atoms with Gasteiger partial charge in [0.1, 0.15) is 19.3 Å². The summed E-state index contributed by atoms with van der Waals surface area (Å²) in [7, 11) is 3.43. The van der Waals surface area contributed by atoms with Crippen LogP contribution in [0.1, 0.15) is 122 Å². The first kappa shape index (κ1) is 40.5. The summed E-state index contributed by atoms with van der Waals surface area (Å²) in [6, 6.07) is 0. The highest BCUT2D eigenvalue weighted by Gasteiger charge is 2.24. The van der Waals surface area contributed by atoms with Gasteiger partial charge >= 0.3 is 7.82 Å². The van der Waals surface area contributed by atoms with Crippen LogP contribution in [0.15, 0.2) is 24.3 Å². The molecule has 0 amide bonds. The van der Waals surface area contributed by atoms with Gasteiger partial charge in [0.15, 0.2) is 0 Å². The second-order valence-electron chi connectivity index (χ2n) is 12.2. The first-order valence-corrected chi connectivity index (χ1v) is 18.0. The molecule has 0 spiro atoms. The van der Waals surface area contributed by atoms with Crippen molar-refractivity contribution in [1.82, 2.24) is 0 Å². The Morgan fingerprint density at radius 3 is 1.59 bits per heavy atom. The van der Waals surface area contributed by atoms with Crippen LogP contribution in [-0.4, -0.2) is 76.7 Å². The van der Waals surface area contributed by atoms with Gasteiger partial charge in [0.05, 0.1) is 34.4 Å². The standard InChI is InChI=1S/C33H66NO6P/c1-6-7-8-9-10-11-12-13-14-15-16-17-18-19-20-21-22-23-24-25-26-27-29-38-31-33(37-5)32-40-41(35,36)39-30-28-34(2,3)4/h10-11,22-23,33H,6-9,12-21,24-32H2,1-5H3/p+1/t33-/m1/s1. The summed E-state index contributed by atoms with van der Waals surface area (Å²) in [5.41, 5.74) is 0. The van der Waals surface area contributed by atoms with Gasteiger partial charge in [0, 0.05) is 13.7 Å². The fraction of sp³-hybridized carbons (Fsp3) is 0.879. The molecule has 0 saturated carbocycles. The molecule has 8 heteroatoms.